The molecule has 0 unspecified atom stereocenters. The monoisotopic (exact) mass is 680 g/mol. The first-order chi connectivity index (χ1) is 23.1. The summed E-state index contributed by atoms with van der Waals surface area (Å²) in [6.45, 7) is -2.79. The van der Waals surface area contributed by atoms with Gasteiger partial charge in [-0.2, -0.15) is 9.97 Å². The Morgan fingerprint density at radius 1 is 0.511 bits per heavy atom. The molecule has 0 fully saturated rings. The smallest absolute Gasteiger partial charge is 0.267 e. The molecule has 1 aliphatic rings. The van der Waals surface area contributed by atoms with Gasteiger partial charge in [-0.05, 0) is 66.0 Å². The quantitative estimate of drug-likeness (QED) is 0.165. The van der Waals surface area contributed by atoms with E-state index in [1.54, 1.807) is 11.8 Å². The highest BCUT2D eigenvalue weighted by molar-refractivity contribution is 8.04. The van der Waals surface area contributed by atoms with E-state index in [0.29, 0.717) is 20.8 Å². The molecule has 0 aliphatic carbocycles. The van der Waals surface area contributed by atoms with Crippen molar-refractivity contribution in [1.82, 2.24) is 9.97 Å². The summed E-state index contributed by atoms with van der Waals surface area (Å²) in [5, 5.41) is 6.66. The minimum absolute atomic E-state index is 0.253. The van der Waals surface area contributed by atoms with Crippen molar-refractivity contribution < 1.29 is 0 Å². The highest BCUT2D eigenvalue weighted by Gasteiger charge is 2.37. The Balaban J connectivity index is 1.57. The second-order valence-corrected chi connectivity index (χ2v) is 17.4. The third-order valence-corrected chi connectivity index (χ3v) is 15.8. The van der Waals surface area contributed by atoms with Gasteiger partial charge < -0.3 is 0 Å². The molecule has 2 aromatic heterocycles. The zero-order valence-electron chi connectivity index (χ0n) is 24.8. The van der Waals surface area contributed by atoms with Crippen molar-refractivity contribution in [3.05, 3.63) is 187 Å². The van der Waals surface area contributed by atoms with Crippen LogP contribution in [0.4, 0.5) is 0 Å². The van der Waals surface area contributed by atoms with Crippen LogP contribution in [0.3, 0.4) is 0 Å². The summed E-state index contributed by atoms with van der Waals surface area (Å²) >= 11 is 4.71. The van der Waals surface area contributed by atoms with Crippen LogP contribution in [-0.4, -0.2) is 15.3 Å². The molecule has 7 aromatic rings. The van der Waals surface area contributed by atoms with Gasteiger partial charge in [-0.1, -0.05) is 115 Å². The maximum absolute atomic E-state index is 13.6. The fourth-order valence-corrected chi connectivity index (χ4v) is 14.2. The lowest BCUT2D eigenvalue weighted by atomic mass is 10.3. The van der Waals surface area contributed by atoms with Gasteiger partial charge in [-0.3, -0.25) is 9.59 Å². The van der Waals surface area contributed by atoms with Crippen LogP contribution in [-0.2, 0) is 0 Å². The largest absolute Gasteiger partial charge is 0.279 e. The summed E-state index contributed by atoms with van der Waals surface area (Å²) in [7, 11) is 0. The van der Waals surface area contributed by atoms with Gasteiger partial charge in [0.25, 0.3) is 11.1 Å². The van der Waals surface area contributed by atoms with E-state index >= 15 is 0 Å². The number of fused-ring (bicyclic) bond motifs is 2. The molecule has 0 radical (unpaired) electrons. The molecule has 0 N–H and O–H groups in total. The van der Waals surface area contributed by atoms with Gasteiger partial charge in [0.15, 0.2) is 0 Å². The number of aromatic nitrogens is 2. The number of allylic oxidation sites excluding steroid dienone is 2. The van der Waals surface area contributed by atoms with Crippen molar-refractivity contribution in [2.45, 2.75) is 4.90 Å². The molecule has 0 atom stereocenters. The van der Waals surface area contributed by atoms with E-state index in [2.05, 4.69) is 72.8 Å². The lowest BCUT2D eigenvalue weighted by Gasteiger charge is -2.35. The minimum atomic E-state index is -2.79. The Labute approximate surface area is 283 Å². The van der Waals surface area contributed by atoms with Crippen molar-refractivity contribution in [3.63, 3.8) is 0 Å². The Kier molecular flexibility index (Phi) is 7.92. The van der Waals surface area contributed by atoms with Crippen LogP contribution < -0.4 is 21.7 Å². The van der Waals surface area contributed by atoms with E-state index in [-0.39, 0.29) is 11.1 Å². The Hall–Kier alpha value is -4.65. The molecule has 0 spiro atoms. The highest BCUT2D eigenvalue weighted by Crippen LogP contribution is 2.63. The number of hydrogen-bond acceptors (Lipinski definition) is 7. The van der Waals surface area contributed by atoms with Crippen LogP contribution in [0, 0.1) is 0 Å². The molecular formula is C39H25N2O2PS3. The number of thioether (sulfide) groups is 1. The first-order valence-corrected chi connectivity index (χ1v) is 19.2. The third-order valence-electron chi connectivity index (χ3n) is 8.04. The molecule has 0 bridgehead atoms. The number of benzene rings is 5. The highest BCUT2D eigenvalue weighted by atomic mass is 32.2. The lowest BCUT2D eigenvalue weighted by Crippen LogP contribution is -2.26. The second kappa shape index (κ2) is 12.5. The van der Waals surface area contributed by atoms with E-state index < -0.39 is 6.89 Å². The van der Waals surface area contributed by atoms with Gasteiger partial charge in [-0.25, -0.2) is 0 Å². The van der Waals surface area contributed by atoms with Gasteiger partial charge >= 0.3 is 0 Å². The zero-order chi connectivity index (χ0) is 31.8. The van der Waals surface area contributed by atoms with Crippen molar-refractivity contribution in [2.24, 2.45) is 0 Å². The van der Waals surface area contributed by atoms with Crippen molar-refractivity contribution in [1.29, 1.82) is 0 Å². The molecule has 0 amide bonds. The van der Waals surface area contributed by atoms with Crippen LogP contribution in [0.15, 0.2) is 171 Å². The molecule has 0 saturated carbocycles. The molecule has 5 aromatic carbocycles. The van der Waals surface area contributed by atoms with Crippen LogP contribution in [0.2, 0.25) is 0 Å². The first-order valence-electron chi connectivity index (χ1n) is 15.0. The molecule has 47 heavy (non-hydrogen) atoms. The van der Waals surface area contributed by atoms with Crippen molar-refractivity contribution in [2.75, 3.05) is 0 Å². The standard InChI is InChI=1S/C39H25N2O2PS3/c42-36-30-20-10-12-22-34(30)46-38(40-36)32-24-29(45-28-18-8-3-9-19-28)25-33(39-41-37(43)31-21-11-13-23-35(31)47-39)44(32,26-14-4-1-5-15-26)27-16-6-2-7-17-27/h1-25H. The average molecular weight is 681 g/mol. The number of nitrogens with zero attached hydrogens (tertiary/aromatic N) is 2. The Morgan fingerprint density at radius 2 is 0.979 bits per heavy atom. The average Bonchev–Trinajstić information content (AvgIpc) is 3.12. The van der Waals surface area contributed by atoms with Gasteiger partial charge in [0.1, 0.15) is 10.0 Å². The van der Waals surface area contributed by atoms with E-state index in [4.69, 9.17) is 9.97 Å². The SMILES string of the molecule is O=c1nc(C2=CC(Sc3ccccc3)=CC(c3nc(=O)c4ccccc4s3)=P2(c2ccccc2)c2ccccc2)sc2ccccc12. The lowest BCUT2D eigenvalue weighted by molar-refractivity contribution is 1.29. The molecule has 1 aliphatic heterocycles. The van der Waals surface area contributed by atoms with Gasteiger partial charge in [-0.15, -0.1) is 22.7 Å². The minimum Gasteiger partial charge on any atom is -0.267 e. The summed E-state index contributed by atoms with van der Waals surface area (Å²) in [6, 6.07) is 46.4. The van der Waals surface area contributed by atoms with Crippen molar-refractivity contribution in [3.8, 4) is 0 Å². The van der Waals surface area contributed by atoms with E-state index in [1.165, 1.54) is 22.7 Å². The zero-order valence-corrected chi connectivity index (χ0v) is 28.2. The first kappa shape index (κ1) is 29.7. The second-order valence-electron chi connectivity index (χ2n) is 10.9. The van der Waals surface area contributed by atoms with Crippen molar-refractivity contribution >= 4 is 82.7 Å². The van der Waals surface area contributed by atoms with Gasteiger partial charge in [0, 0.05) is 29.8 Å². The predicted molar refractivity (Wildman–Crippen MR) is 203 cm³/mol. The van der Waals surface area contributed by atoms with Crippen LogP contribution in [0.1, 0.15) is 10.0 Å². The van der Waals surface area contributed by atoms with E-state index in [1.807, 2.05) is 78.9 Å². The number of hydrogen-bond donors (Lipinski definition) is 0. The van der Waals surface area contributed by atoms with E-state index in [0.717, 1.165) is 40.4 Å². The van der Waals surface area contributed by atoms with Crippen LogP contribution in [0.5, 0.6) is 0 Å². The normalized spacial score (nSPS) is 14.2. The summed E-state index contributed by atoms with van der Waals surface area (Å²) in [6.07, 6.45) is 4.43. The summed E-state index contributed by atoms with van der Waals surface area (Å²) in [5.41, 5.74) is -0.507. The fourth-order valence-electron chi connectivity index (χ4n) is 5.98. The molecule has 0 saturated heterocycles. The van der Waals surface area contributed by atoms with Gasteiger partial charge in [0.2, 0.25) is 0 Å². The predicted octanol–water partition coefficient (Wildman–Crippen LogP) is 8.55. The van der Waals surface area contributed by atoms with Crippen LogP contribution in [0.25, 0.3) is 25.5 Å². The molecule has 8 heteroatoms. The third kappa shape index (κ3) is 5.35. The fraction of sp³-hybridized carbons (Fsp3) is 0. The summed E-state index contributed by atoms with van der Waals surface area (Å²) < 4.78 is 1.76. The molecule has 8 rings (SSSR count). The van der Waals surface area contributed by atoms with Crippen LogP contribution >= 0.6 is 41.3 Å². The molecule has 226 valence electrons. The maximum atomic E-state index is 13.6. The Morgan fingerprint density at radius 3 is 1.55 bits per heavy atom. The molecular weight excluding hydrogens is 656 g/mol. The molecule has 4 nitrogen and oxygen atoms in total. The van der Waals surface area contributed by atoms with Gasteiger partial charge in [0.05, 0.1) is 10.8 Å². The topological polar surface area (TPSA) is 59.9 Å². The summed E-state index contributed by atoms with van der Waals surface area (Å²) in [4.78, 5) is 39.0. The van der Waals surface area contributed by atoms with E-state index in [9.17, 15) is 9.59 Å². The number of rotatable bonds is 6. The molecule has 3 heterocycles. The maximum Gasteiger partial charge on any atom is 0.279 e. The summed E-state index contributed by atoms with van der Waals surface area (Å²) in [5.74, 6) is 0. The Bertz CT molecular complexity index is 2500.